The summed E-state index contributed by atoms with van der Waals surface area (Å²) in [5.74, 6) is 1.10. The number of nitrogens with two attached hydrogens (primary N) is 1. The molecule has 98 valence electrons. The molecule has 3 rings (SSSR count). The van der Waals surface area contributed by atoms with E-state index in [1.54, 1.807) is 12.3 Å². The number of hydrogen-bond donors (Lipinski definition) is 1. The van der Waals surface area contributed by atoms with Crippen LogP contribution in [-0.2, 0) is 0 Å². The zero-order valence-corrected chi connectivity index (χ0v) is 11.1. The molecule has 3 aromatic rings. The molecule has 0 aliphatic carbocycles. The van der Waals surface area contributed by atoms with Crippen LogP contribution in [0.2, 0.25) is 0 Å². The molecule has 2 N–H and O–H groups in total. The van der Waals surface area contributed by atoms with Gasteiger partial charge < -0.3 is 5.73 Å². The maximum absolute atomic E-state index is 5.92. The summed E-state index contributed by atoms with van der Waals surface area (Å²) in [7, 11) is 0. The van der Waals surface area contributed by atoms with Gasteiger partial charge in [-0.1, -0.05) is 30.3 Å². The first kappa shape index (κ1) is 12.3. The van der Waals surface area contributed by atoms with Crippen molar-refractivity contribution < 1.29 is 0 Å². The molecular formula is C16H14N4. The number of rotatable bonds is 2. The molecule has 0 saturated heterocycles. The quantitative estimate of drug-likeness (QED) is 0.770. The molecule has 0 aliphatic rings. The molecule has 1 aromatic carbocycles. The average Bonchev–Trinajstić information content (AvgIpc) is 2.48. The third kappa shape index (κ3) is 2.36. The van der Waals surface area contributed by atoms with Crippen LogP contribution in [0.15, 0.2) is 54.9 Å². The number of nitrogens with zero attached hydrogens (tertiary/aromatic N) is 3. The van der Waals surface area contributed by atoms with Crippen molar-refractivity contribution in [3.05, 3.63) is 60.4 Å². The summed E-state index contributed by atoms with van der Waals surface area (Å²) in [6.45, 7) is 2.00. The molecule has 0 unspecified atom stereocenters. The Morgan fingerprint density at radius 1 is 1.00 bits per heavy atom. The van der Waals surface area contributed by atoms with E-state index in [1.807, 2.05) is 49.5 Å². The molecule has 0 bridgehead atoms. The minimum atomic E-state index is 0.463. The van der Waals surface area contributed by atoms with Crippen molar-refractivity contribution in [1.82, 2.24) is 15.0 Å². The fourth-order valence-electron chi connectivity index (χ4n) is 2.08. The Labute approximate surface area is 117 Å². The maximum atomic E-state index is 5.92. The van der Waals surface area contributed by atoms with Crippen LogP contribution in [0.3, 0.4) is 0 Å². The van der Waals surface area contributed by atoms with Crippen molar-refractivity contribution in [1.29, 1.82) is 0 Å². The van der Waals surface area contributed by atoms with Gasteiger partial charge in [-0.15, -0.1) is 0 Å². The van der Waals surface area contributed by atoms with Crippen LogP contribution in [0.5, 0.6) is 0 Å². The maximum Gasteiger partial charge on any atom is 0.162 e. The van der Waals surface area contributed by atoms with Crippen LogP contribution in [0, 0.1) is 6.92 Å². The van der Waals surface area contributed by atoms with Crippen molar-refractivity contribution in [2.24, 2.45) is 0 Å². The van der Waals surface area contributed by atoms with Gasteiger partial charge in [0.15, 0.2) is 5.82 Å². The smallest absolute Gasteiger partial charge is 0.162 e. The largest absolute Gasteiger partial charge is 0.384 e. The molecule has 0 amide bonds. The summed E-state index contributed by atoms with van der Waals surface area (Å²) in [5.41, 5.74) is 9.76. The van der Waals surface area contributed by atoms with E-state index in [1.165, 1.54) is 0 Å². The Bertz CT molecular complexity index is 738. The highest BCUT2D eigenvalue weighted by Crippen LogP contribution is 2.24. The number of nitrogen functional groups attached to an aromatic ring is 1. The highest BCUT2D eigenvalue weighted by molar-refractivity contribution is 5.68. The van der Waals surface area contributed by atoms with Gasteiger partial charge in [-0.2, -0.15) is 0 Å². The second-order valence-electron chi connectivity index (χ2n) is 4.56. The predicted molar refractivity (Wildman–Crippen MR) is 79.8 cm³/mol. The summed E-state index contributed by atoms with van der Waals surface area (Å²) in [6.07, 6.45) is 3.57. The van der Waals surface area contributed by atoms with E-state index >= 15 is 0 Å². The van der Waals surface area contributed by atoms with Gasteiger partial charge in [-0.25, -0.2) is 9.97 Å². The van der Waals surface area contributed by atoms with Crippen LogP contribution in [0.25, 0.3) is 22.6 Å². The highest BCUT2D eigenvalue weighted by atomic mass is 14.9. The van der Waals surface area contributed by atoms with Crippen molar-refractivity contribution in [2.45, 2.75) is 6.92 Å². The second-order valence-corrected chi connectivity index (χ2v) is 4.56. The Hall–Kier alpha value is -2.75. The molecule has 0 fully saturated rings. The molecule has 0 aliphatic heterocycles. The Morgan fingerprint density at radius 2 is 1.80 bits per heavy atom. The van der Waals surface area contributed by atoms with Gasteiger partial charge in [0.25, 0.3) is 0 Å². The van der Waals surface area contributed by atoms with Gasteiger partial charge in [-0.05, 0) is 18.6 Å². The summed E-state index contributed by atoms with van der Waals surface area (Å²) >= 11 is 0. The van der Waals surface area contributed by atoms with Gasteiger partial charge in [0.1, 0.15) is 5.82 Å². The normalized spacial score (nSPS) is 10.4. The molecule has 0 saturated carbocycles. The summed E-state index contributed by atoms with van der Waals surface area (Å²) in [4.78, 5) is 13.0. The lowest BCUT2D eigenvalue weighted by atomic mass is 10.1. The van der Waals surface area contributed by atoms with Gasteiger partial charge in [-0.3, -0.25) is 4.98 Å². The summed E-state index contributed by atoms with van der Waals surface area (Å²) < 4.78 is 0. The lowest BCUT2D eigenvalue weighted by Crippen LogP contribution is -1.98. The lowest BCUT2D eigenvalue weighted by Gasteiger charge is -2.08. The summed E-state index contributed by atoms with van der Waals surface area (Å²) in [5, 5.41) is 0. The molecule has 0 radical (unpaired) electrons. The average molecular weight is 262 g/mol. The Balaban J connectivity index is 2.15. The van der Waals surface area contributed by atoms with E-state index < -0.39 is 0 Å². The van der Waals surface area contributed by atoms with Crippen molar-refractivity contribution >= 4 is 5.82 Å². The molecule has 20 heavy (non-hydrogen) atoms. The first-order valence-corrected chi connectivity index (χ1v) is 6.35. The predicted octanol–water partition coefficient (Wildman–Crippen LogP) is 3.10. The third-order valence-corrected chi connectivity index (χ3v) is 3.07. The van der Waals surface area contributed by atoms with Crippen LogP contribution < -0.4 is 5.73 Å². The minimum absolute atomic E-state index is 0.463. The topological polar surface area (TPSA) is 64.7 Å². The van der Waals surface area contributed by atoms with Gasteiger partial charge in [0.05, 0.1) is 5.69 Å². The van der Waals surface area contributed by atoms with E-state index in [-0.39, 0.29) is 0 Å². The van der Waals surface area contributed by atoms with Gasteiger partial charge in [0, 0.05) is 29.6 Å². The molecule has 4 heteroatoms. The summed E-state index contributed by atoms with van der Waals surface area (Å²) in [6, 6.07) is 13.5. The first-order chi connectivity index (χ1) is 9.74. The van der Waals surface area contributed by atoms with E-state index in [4.69, 9.17) is 5.73 Å². The number of hydrogen-bond acceptors (Lipinski definition) is 4. The number of anilines is 1. The van der Waals surface area contributed by atoms with Gasteiger partial charge >= 0.3 is 0 Å². The van der Waals surface area contributed by atoms with Gasteiger partial charge in [0.2, 0.25) is 0 Å². The van der Waals surface area contributed by atoms with Crippen LogP contribution in [0.4, 0.5) is 5.82 Å². The fraction of sp³-hybridized carbons (Fsp3) is 0.0625. The second kappa shape index (κ2) is 5.09. The molecule has 4 nitrogen and oxygen atoms in total. The third-order valence-electron chi connectivity index (χ3n) is 3.07. The van der Waals surface area contributed by atoms with Crippen molar-refractivity contribution in [2.75, 3.05) is 5.73 Å². The van der Waals surface area contributed by atoms with E-state index in [0.29, 0.717) is 11.6 Å². The molecule has 0 atom stereocenters. The highest BCUT2D eigenvalue weighted by Gasteiger charge is 2.08. The lowest BCUT2D eigenvalue weighted by molar-refractivity contribution is 1.17. The van der Waals surface area contributed by atoms with Crippen LogP contribution in [0.1, 0.15) is 5.56 Å². The molecule has 2 aromatic heterocycles. The van der Waals surface area contributed by atoms with Crippen molar-refractivity contribution in [3.63, 3.8) is 0 Å². The standard InChI is InChI=1S/C16H14N4/c1-11-10-18-8-7-13(11)14-9-15(17)20-16(19-14)12-5-3-2-4-6-12/h2-10H,1H3,(H2,17,19,20). The van der Waals surface area contributed by atoms with E-state index in [0.717, 1.165) is 22.4 Å². The van der Waals surface area contributed by atoms with Crippen LogP contribution in [-0.4, -0.2) is 15.0 Å². The van der Waals surface area contributed by atoms with E-state index in [9.17, 15) is 0 Å². The minimum Gasteiger partial charge on any atom is -0.384 e. The Morgan fingerprint density at radius 3 is 2.55 bits per heavy atom. The zero-order chi connectivity index (χ0) is 13.9. The first-order valence-electron chi connectivity index (χ1n) is 6.35. The Kier molecular flexibility index (Phi) is 3.13. The number of benzene rings is 1. The zero-order valence-electron chi connectivity index (χ0n) is 11.1. The fourth-order valence-corrected chi connectivity index (χ4v) is 2.08. The van der Waals surface area contributed by atoms with Crippen molar-refractivity contribution in [3.8, 4) is 22.6 Å². The van der Waals surface area contributed by atoms with E-state index in [2.05, 4.69) is 15.0 Å². The number of aromatic nitrogens is 3. The molecular weight excluding hydrogens is 248 g/mol. The number of aryl methyl sites for hydroxylation is 1. The molecule has 2 heterocycles. The monoisotopic (exact) mass is 262 g/mol. The molecule has 0 spiro atoms. The van der Waals surface area contributed by atoms with Crippen LogP contribution >= 0.6 is 0 Å². The number of pyridine rings is 1. The SMILES string of the molecule is Cc1cnccc1-c1cc(N)nc(-c2ccccc2)n1.